The maximum atomic E-state index is 9.25. The molecular formula is MoNiO4P. The van der Waals surface area contributed by atoms with Gasteiger partial charge in [-0.05, 0) is 0 Å². The molecule has 0 radical (unpaired) electrons. The summed E-state index contributed by atoms with van der Waals surface area (Å²) < 4.78 is 12.6. The van der Waals surface area contributed by atoms with Crippen LogP contribution < -0.4 is 9.79 Å². The summed E-state index contributed by atoms with van der Waals surface area (Å²) in [6.45, 7) is 0. The van der Waals surface area contributed by atoms with Gasteiger partial charge in [0, 0.05) is 0 Å². The van der Waals surface area contributed by atoms with Crippen LogP contribution in [0.1, 0.15) is 0 Å². The molecule has 0 aromatic heterocycles. The van der Waals surface area contributed by atoms with Crippen molar-refractivity contribution in [3.05, 3.63) is 0 Å². The van der Waals surface area contributed by atoms with Crippen LogP contribution in [-0.4, -0.2) is 0 Å². The van der Waals surface area contributed by atoms with E-state index in [4.69, 9.17) is 0 Å². The third-order valence-electron chi connectivity index (χ3n) is 0.0913. The topological polar surface area (TPSA) is 72.4 Å². The smallest absolute Gasteiger partial charge is 2.00 e. The summed E-state index contributed by atoms with van der Waals surface area (Å²) in [5.41, 5.74) is 0. The number of hydrogen-bond donors (Lipinski definition) is 0. The molecule has 0 spiro atoms. The molecule has 0 fully saturated rings. The van der Waals surface area contributed by atoms with Gasteiger partial charge in [-0.3, -0.25) is 0 Å². The molecular weight excluding hydrogens is 250 g/mol. The Kier molecular flexibility index (Phi) is 6.68. The summed E-state index contributed by atoms with van der Waals surface area (Å²) in [5, 5.41) is 0. The monoisotopic (exact) mass is 251 g/mol. The molecule has 0 bridgehead atoms. The first-order valence-corrected chi connectivity index (χ1v) is 3.18. The van der Waals surface area contributed by atoms with Gasteiger partial charge in [-0.25, -0.2) is 0 Å². The Morgan fingerprint density at radius 2 is 1.71 bits per heavy atom. The average molecular weight is 250 g/mol. The van der Waals surface area contributed by atoms with E-state index in [0.29, 0.717) is 0 Å². The molecule has 0 aromatic rings. The predicted molar refractivity (Wildman–Crippen MR) is 8.69 cm³/mol. The molecule has 7 heavy (non-hydrogen) atoms. The zero-order chi connectivity index (χ0) is 5.21. The van der Waals surface area contributed by atoms with Gasteiger partial charge >= 0.3 is 62.0 Å². The number of phosphoric acid groups is 1. The molecule has 0 N–H and O–H groups in total. The van der Waals surface area contributed by atoms with Crippen molar-refractivity contribution in [3.8, 4) is 0 Å². The molecule has 45 valence electrons. The Morgan fingerprint density at radius 1 is 1.57 bits per heavy atom. The van der Waals surface area contributed by atoms with Gasteiger partial charge in [0.1, 0.15) is 0 Å². The fraction of sp³-hybridized carbons (Fsp3) is 0. The van der Waals surface area contributed by atoms with Crippen LogP contribution in [0.25, 0.3) is 0 Å². The van der Waals surface area contributed by atoms with Gasteiger partial charge in [0.15, 0.2) is 0 Å². The van der Waals surface area contributed by atoms with Gasteiger partial charge in [0.25, 0.3) is 0 Å². The molecule has 0 aliphatic heterocycles. The van der Waals surface area contributed by atoms with Crippen LogP contribution in [0.4, 0.5) is 0 Å². The number of rotatable bonds is 1. The van der Waals surface area contributed by atoms with Gasteiger partial charge in [-0.2, -0.15) is 0 Å². The maximum Gasteiger partial charge on any atom is 2.00 e. The maximum absolute atomic E-state index is 9.25. The van der Waals surface area contributed by atoms with Crippen molar-refractivity contribution in [1.29, 1.82) is 0 Å². The summed E-state index contributed by atoms with van der Waals surface area (Å²) >= 11 is 0.758. The molecule has 0 aliphatic carbocycles. The second-order valence-corrected chi connectivity index (χ2v) is 2.66. The molecule has 4 nitrogen and oxygen atoms in total. The van der Waals surface area contributed by atoms with Crippen molar-refractivity contribution >= 4 is 7.82 Å². The second-order valence-electron chi connectivity index (χ2n) is 0.522. The van der Waals surface area contributed by atoms with Crippen molar-refractivity contribution < 1.29 is 54.2 Å². The first-order chi connectivity index (χ1) is 2.56. The molecule has 0 aliphatic rings. The molecule has 0 heterocycles. The van der Waals surface area contributed by atoms with E-state index in [1.165, 1.54) is 0 Å². The fourth-order valence-electron chi connectivity index (χ4n) is 0. The Morgan fingerprint density at radius 3 is 1.71 bits per heavy atom. The standard InChI is InChI=1S/Mo.Ni.H3O4P/c;;1-5(2,3)4/h;;(H3,1,2,3,4)/q+1;+2;/p-3. The van der Waals surface area contributed by atoms with Gasteiger partial charge in [0.05, 0.1) is 0 Å². The van der Waals surface area contributed by atoms with E-state index < -0.39 is 7.82 Å². The van der Waals surface area contributed by atoms with E-state index in [0.717, 1.165) is 20.2 Å². The van der Waals surface area contributed by atoms with E-state index in [1.807, 2.05) is 0 Å². The van der Waals surface area contributed by atoms with E-state index in [2.05, 4.69) is 3.18 Å². The molecule has 0 atom stereocenters. The third-order valence-corrected chi connectivity index (χ3v) is 1.62. The zero-order valence-electron chi connectivity index (χ0n) is 2.80. The van der Waals surface area contributed by atoms with Crippen molar-refractivity contribution in [1.82, 2.24) is 0 Å². The largest absolute Gasteiger partial charge is 2.00 e. The normalized spacial score (nSPS) is 10.0. The van der Waals surface area contributed by atoms with Gasteiger partial charge < -0.3 is 0 Å². The van der Waals surface area contributed by atoms with E-state index in [-0.39, 0.29) is 16.5 Å². The SMILES string of the molecule is O=P([O-])([O-])[O][Mo].[Ni+2]. The van der Waals surface area contributed by atoms with Crippen LogP contribution in [0, 0.1) is 0 Å². The van der Waals surface area contributed by atoms with Crippen LogP contribution in [0.2, 0.25) is 0 Å². The Balaban J connectivity index is 0. The summed E-state index contributed by atoms with van der Waals surface area (Å²) in [6.07, 6.45) is 0. The molecule has 7 heteroatoms. The Bertz CT molecular complexity index is 75.8. The van der Waals surface area contributed by atoms with E-state index in [9.17, 15) is 14.4 Å². The van der Waals surface area contributed by atoms with E-state index >= 15 is 0 Å². The molecule has 0 saturated carbocycles. The van der Waals surface area contributed by atoms with Crippen molar-refractivity contribution in [2.24, 2.45) is 0 Å². The summed E-state index contributed by atoms with van der Waals surface area (Å²) in [5.74, 6) is 0. The first-order valence-electron chi connectivity index (χ1n) is 0.897. The third kappa shape index (κ3) is 11.1. The second kappa shape index (κ2) is 4.20. The van der Waals surface area contributed by atoms with E-state index in [1.54, 1.807) is 0 Å². The Labute approximate surface area is 62.2 Å². The molecule has 0 rings (SSSR count). The zero-order valence-corrected chi connectivity index (χ0v) is 6.69. The fourth-order valence-corrected chi connectivity index (χ4v) is 0. The molecule has 0 unspecified atom stereocenters. The van der Waals surface area contributed by atoms with Gasteiger partial charge in [0.2, 0.25) is 0 Å². The minimum absolute atomic E-state index is 0. The van der Waals surface area contributed by atoms with Crippen LogP contribution in [0.5, 0.6) is 0 Å². The van der Waals surface area contributed by atoms with Gasteiger partial charge in [-0.15, -0.1) is 0 Å². The van der Waals surface area contributed by atoms with Crippen LogP contribution in [0.15, 0.2) is 0 Å². The van der Waals surface area contributed by atoms with Crippen LogP contribution in [-0.2, 0) is 44.4 Å². The predicted octanol–water partition coefficient (Wildman–Crippen LogP) is -1.71. The van der Waals surface area contributed by atoms with Crippen molar-refractivity contribution in [2.75, 3.05) is 0 Å². The van der Waals surface area contributed by atoms with Crippen molar-refractivity contribution in [3.63, 3.8) is 0 Å². The summed E-state index contributed by atoms with van der Waals surface area (Å²) in [7, 11) is -4.64. The summed E-state index contributed by atoms with van der Waals surface area (Å²) in [6, 6.07) is 0. The minimum atomic E-state index is -4.64. The molecule has 0 aromatic carbocycles. The minimum Gasteiger partial charge on any atom is 2.00 e. The summed E-state index contributed by atoms with van der Waals surface area (Å²) in [4.78, 5) is 18.5. The van der Waals surface area contributed by atoms with Crippen LogP contribution in [0.3, 0.4) is 0 Å². The van der Waals surface area contributed by atoms with Gasteiger partial charge in [-0.1, -0.05) is 0 Å². The van der Waals surface area contributed by atoms with Crippen LogP contribution >= 0.6 is 7.82 Å². The Hall–Kier alpha value is 1.29. The molecule has 0 amide bonds. The quantitative estimate of drug-likeness (QED) is 0.410. The first kappa shape index (κ1) is 11.1. The molecule has 0 saturated heterocycles. The number of hydrogen-bond acceptors (Lipinski definition) is 4. The average Bonchev–Trinajstić information content (AvgIpc) is 1.35. The van der Waals surface area contributed by atoms with Crippen molar-refractivity contribution in [2.45, 2.75) is 0 Å².